The lowest BCUT2D eigenvalue weighted by atomic mass is 9.89. The van der Waals surface area contributed by atoms with Gasteiger partial charge in [0.2, 0.25) is 5.89 Å². The highest BCUT2D eigenvalue weighted by Crippen LogP contribution is 2.39. The van der Waals surface area contributed by atoms with Crippen molar-refractivity contribution in [3.05, 3.63) is 169 Å². The third-order valence-electron chi connectivity index (χ3n) is 9.60. The summed E-state index contributed by atoms with van der Waals surface area (Å²) in [5.41, 5.74) is 14.7. The zero-order valence-electron chi connectivity index (χ0n) is 27.3. The molecule has 0 spiro atoms. The summed E-state index contributed by atoms with van der Waals surface area (Å²) in [4.78, 5) is 4.78. The van der Waals surface area contributed by atoms with Gasteiger partial charge in [-0.3, -0.25) is 0 Å². The van der Waals surface area contributed by atoms with Crippen LogP contribution < -0.4 is 0 Å². The Morgan fingerprint density at radius 1 is 0.510 bits per heavy atom. The minimum atomic E-state index is 0.651. The van der Waals surface area contributed by atoms with Crippen LogP contribution in [0, 0.1) is 0 Å². The van der Waals surface area contributed by atoms with Crippen LogP contribution in [0.3, 0.4) is 0 Å². The monoisotopic (exact) mass is 630 g/mol. The number of aromatic nitrogens is 2. The highest BCUT2D eigenvalue weighted by atomic mass is 16.3. The molecule has 9 aromatic rings. The lowest BCUT2D eigenvalue weighted by Crippen LogP contribution is -1.94. The van der Waals surface area contributed by atoms with Crippen molar-refractivity contribution in [2.75, 3.05) is 0 Å². The summed E-state index contributed by atoms with van der Waals surface area (Å²) in [6.45, 7) is 2.19. The van der Waals surface area contributed by atoms with Gasteiger partial charge < -0.3 is 8.98 Å². The lowest BCUT2D eigenvalue weighted by molar-refractivity contribution is 0.619. The second-order valence-electron chi connectivity index (χ2n) is 12.7. The first-order chi connectivity index (χ1) is 24.2. The topological polar surface area (TPSA) is 31.0 Å². The molecule has 49 heavy (non-hydrogen) atoms. The van der Waals surface area contributed by atoms with E-state index in [0.29, 0.717) is 5.89 Å². The molecule has 0 saturated heterocycles. The maximum absolute atomic E-state index is 6.21. The van der Waals surface area contributed by atoms with Gasteiger partial charge in [-0.25, -0.2) is 4.98 Å². The first kappa shape index (κ1) is 29.0. The molecule has 0 amide bonds. The van der Waals surface area contributed by atoms with Crippen molar-refractivity contribution >= 4 is 32.9 Å². The molecule has 0 aliphatic carbocycles. The van der Waals surface area contributed by atoms with Crippen LogP contribution in [0.15, 0.2) is 168 Å². The first-order valence-corrected chi connectivity index (χ1v) is 17.0. The van der Waals surface area contributed by atoms with E-state index in [1.165, 1.54) is 55.2 Å². The van der Waals surface area contributed by atoms with Crippen molar-refractivity contribution in [3.63, 3.8) is 0 Å². The predicted molar refractivity (Wildman–Crippen MR) is 204 cm³/mol. The number of hydrogen-bond donors (Lipinski definition) is 0. The summed E-state index contributed by atoms with van der Waals surface area (Å²) in [6, 6.07) is 58.6. The Bertz CT molecular complexity index is 2550. The van der Waals surface area contributed by atoms with Gasteiger partial charge in [0, 0.05) is 22.0 Å². The number of oxazole rings is 1. The van der Waals surface area contributed by atoms with Crippen LogP contribution in [0.2, 0.25) is 0 Å². The minimum absolute atomic E-state index is 0.651. The molecule has 3 heteroatoms. The van der Waals surface area contributed by atoms with Gasteiger partial charge in [-0.2, -0.15) is 0 Å². The molecule has 0 atom stereocenters. The Labute approximate surface area is 285 Å². The number of rotatable bonds is 7. The molecule has 0 aliphatic rings. The molecule has 234 valence electrons. The Morgan fingerprint density at radius 3 is 1.61 bits per heavy atom. The van der Waals surface area contributed by atoms with E-state index < -0.39 is 0 Å². The largest absolute Gasteiger partial charge is 0.436 e. The van der Waals surface area contributed by atoms with Crippen LogP contribution in [-0.4, -0.2) is 9.55 Å². The molecule has 0 N–H and O–H groups in total. The fourth-order valence-electron chi connectivity index (χ4n) is 7.26. The van der Waals surface area contributed by atoms with Crippen molar-refractivity contribution in [2.24, 2.45) is 0 Å². The van der Waals surface area contributed by atoms with Crippen LogP contribution in [-0.2, 0) is 6.42 Å². The Balaban J connectivity index is 1.06. The van der Waals surface area contributed by atoms with Gasteiger partial charge in [-0.05, 0) is 93.9 Å². The molecule has 0 radical (unpaired) electrons. The molecule has 9 rings (SSSR count). The van der Waals surface area contributed by atoms with Crippen molar-refractivity contribution in [1.29, 1.82) is 0 Å². The summed E-state index contributed by atoms with van der Waals surface area (Å²) in [5, 5.41) is 2.54. The Hall–Kier alpha value is -6.19. The van der Waals surface area contributed by atoms with E-state index in [0.717, 1.165) is 40.8 Å². The molecule has 7 aromatic carbocycles. The third-order valence-corrected chi connectivity index (χ3v) is 9.60. The second-order valence-corrected chi connectivity index (χ2v) is 12.7. The molecule has 2 heterocycles. The molecular weight excluding hydrogens is 597 g/mol. The van der Waals surface area contributed by atoms with E-state index in [2.05, 4.69) is 175 Å². The third kappa shape index (κ3) is 5.12. The SMILES string of the molecule is CCCc1ccc2nc(-c3ccc(-c4ccccc4-c4ccccc4-c4ccc(-n5c6ccccc6c6ccccc65)cc4)cc3)oc2c1. The van der Waals surface area contributed by atoms with Crippen molar-refractivity contribution in [1.82, 2.24) is 9.55 Å². The maximum Gasteiger partial charge on any atom is 0.227 e. The van der Waals surface area contributed by atoms with Crippen LogP contribution in [0.25, 0.3) is 83.4 Å². The molecule has 0 saturated carbocycles. The van der Waals surface area contributed by atoms with Gasteiger partial charge in [0.15, 0.2) is 5.58 Å². The van der Waals surface area contributed by atoms with Gasteiger partial charge in [-0.1, -0.05) is 129 Å². The van der Waals surface area contributed by atoms with Crippen LogP contribution in [0.4, 0.5) is 0 Å². The zero-order chi connectivity index (χ0) is 32.7. The fourth-order valence-corrected chi connectivity index (χ4v) is 7.26. The summed E-state index contributed by atoms with van der Waals surface area (Å²) in [6.07, 6.45) is 2.15. The van der Waals surface area contributed by atoms with Gasteiger partial charge >= 0.3 is 0 Å². The number of hydrogen-bond acceptors (Lipinski definition) is 2. The van der Waals surface area contributed by atoms with Gasteiger partial charge in [-0.15, -0.1) is 0 Å². The lowest BCUT2D eigenvalue weighted by Gasteiger charge is -2.15. The summed E-state index contributed by atoms with van der Waals surface area (Å²) < 4.78 is 8.57. The molecule has 0 bridgehead atoms. The van der Waals surface area contributed by atoms with Crippen molar-refractivity contribution in [2.45, 2.75) is 19.8 Å². The van der Waals surface area contributed by atoms with E-state index in [9.17, 15) is 0 Å². The van der Waals surface area contributed by atoms with Crippen molar-refractivity contribution < 1.29 is 4.42 Å². The van der Waals surface area contributed by atoms with E-state index in [1.807, 2.05) is 0 Å². The summed E-state index contributed by atoms with van der Waals surface area (Å²) in [7, 11) is 0. The minimum Gasteiger partial charge on any atom is -0.436 e. The molecular formula is C46H34N2O. The quantitative estimate of drug-likeness (QED) is 0.175. The fraction of sp³-hybridized carbons (Fsp3) is 0.0652. The van der Waals surface area contributed by atoms with Crippen molar-refractivity contribution in [3.8, 4) is 50.5 Å². The number of benzene rings is 7. The average Bonchev–Trinajstić information content (AvgIpc) is 3.74. The van der Waals surface area contributed by atoms with Gasteiger partial charge in [0.1, 0.15) is 5.52 Å². The van der Waals surface area contributed by atoms with E-state index >= 15 is 0 Å². The molecule has 0 unspecified atom stereocenters. The maximum atomic E-state index is 6.21. The number of nitrogens with zero attached hydrogens (tertiary/aromatic N) is 2. The van der Waals surface area contributed by atoms with Gasteiger partial charge in [0.25, 0.3) is 0 Å². The number of para-hydroxylation sites is 2. The summed E-state index contributed by atoms with van der Waals surface area (Å²) in [5.74, 6) is 0.651. The highest BCUT2D eigenvalue weighted by Gasteiger charge is 2.15. The van der Waals surface area contributed by atoms with E-state index in [4.69, 9.17) is 9.40 Å². The molecule has 3 nitrogen and oxygen atoms in total. The first-order valence-electron chi connectivity index (χ1n) is 17.0. The van der Waals surface area contributed by atoms with Crippen LogP contribution >= 0.6 is 0 Å². The van der Waals surface area contributed by atoms with E-state index in [1.54, 1.807) is 0 Å². The van der Waals surface area contributed by atoms with Gasteiger partial charge in [0.05, 0.1) is 11.0 Å². The van der Waals surface area contributed by atoms with E-state index in [-0.39, 0.29) is 0 Å². The van der Waals surface area contributed by atoms with Crippen LogP contribution in [0.5, 0.6) is 0 Å². The molecule has 0 aliphatic heterocycles. The smallest absolute Gasteiger partial charge is 0.227 e. The molecule has 0 fully saturated rings. The Kier molecular flexibility index (Phi) is 7.17. The second kappa shape index (κ2) is 12.1. The average molecular weight is 631 g/mol. The Morgan fingerprint density at radius 2 is 1.02 bits per heavy atom. The van der Waals surface area contributed by atoms with Crippen LogP contribution in [0.1, 0.15) is 18.9 Å². The number of fused-ring (bicyclic) bond motifs is 4. The zero-order valence-corrected chi connectivity index (χ0v) is 27.3. The number of aryl methyl sites for hydroxylation is 1. The predicted octanol–water partition coefficient (Wildman–Crippen LogP) is 12.5. The summed E-state index contributed by atoms with van der Waals surface area (Å²) >= 11 is 0. The normalized spacial score (nSPS) is 11.5. The standard InChI is InChI=1S/C46H34N2O/c1-2-11-31-20-29-42-45(30-31)49-46(47-42)34-23-21-32(22-24-34)36-12-3-5-14-38(36)39-15-6-4-13-37(39)33-25-27-35(28-26-33)48-43-18-9-7-16-40(43)41-17-8-10-19-44(41)48/h3-10,12-30H,2,11H2,1H3. The molecule has 2 aromatic heterocycles. The highest BCUT2D eigenvalue weighted by molar-refractivity contribution is 6.09.